The number of ketones is 1. The number of nitrogens with one attached hydrogen (secondary N) is 2. The van der Waals surface area contributed by atoms with Crippen LogP contribution in [0, 0.1) is 19.8 Å². The van der Waals surface area contributed by atoms with Crippen molar-refractivity contribution >= 4 is 39.8 Å². The minimum Gasteiger partial charge on any atom is -0.375 e. The van der Waals surface area contributed by atoms with Crippen LogP contribution >= 0.6 is 11.3 Å². The Balaban J connectivity index is 1.61. The topological polar surface area (TPSA) is 132 Å². The quantitative estimate of drug-likeness (QED) is 0.288. The second kappa shape index (κ2) is 9.10. The summed E-state index contributed by atoms with van der Waals surface area (Å²) in [6.07, 6.45) is 5.10. The van der Waals surface area contributed by atoms with Crippen molar-refractivity contribution in [1.82, 2.24) is 19.9 Å². The van der Waals surface area contributed by atoms with Crippen LogP contribution in [0.1, 0.15) is 55.4 Å². The summed E-state index contributed by atoms with van der Waals surface area (Å²) in [5, 5.41) is 5.72. The van der Waals surface area contributed by atoms with E-state index >= 15 is 0 Å². The van der Waals surface area contributed by atoms with Gasteiger partial charge in [-0.15, -0.1) is 11.3 Å². The highest BCUT2D eigenvalue weighted by Crippen LogP contribution is 2.29. The van der Waals surface area contributed by atoms with Crippen LogP contribution in [0.3, 0.4) is 0 Å². The number of pyridine rings is 1. The summed E-state index contributed by atoms with van der Waals surface area (Å²) in [4.78, 5) is 47.2. The third-order valence-electron chi connectivity index (χ3n) is 5.58. The van der Waals surface area contributed by atoms with E-state index in [9.17, 15) is 18.8 Å². The van der Waals surface area contributed by atoms with Crippen molar-refractivity contribution in [3.8, 4) is 0 Å². The van der Waals surface area contributed by atoms with E-state index in [0.29, 0.717) is 40.5 Å². The number of thiazole rings is 1. The van der Waals surface area contributed by atoms with Crippen molar-refractivity contribution in [2.24, 2.45) is 0 Å². The molecule has 4 N–H and O–H groups in total. The van der Waals surface area contributed by atoms with Gasteiger partial charge in [0.15, 0.2) is 5.13 Å². The molecule has 0 saturated carbocycles. The van der Waals surface area contributed by atoms with Crippen LogP contribution in [0.4, 0.5) is 15.2 Å². The third kappa shape index (κ3) is 4.49. The summed E-state index contributed by atoms with van der Waals surface area (Å²) in [6.45, 7) is 3.90. The number of fused-ring (bicyclic) bond motifs is 1. The molecular formula is C22H23FN6O3S. The Morgan fingerprint density at radius 1 is 1.21 bits per heavy atom. The van der Waals surface area contributed by atoms with Gasteiger partial charge in [-0.3, -0.25) is 14.4 Å². The molecular weight excluding hydrogens is 447 g/mol. The summed E-state index contributed by atoms with van der Waals surface area (Å²) in [6, 6.07) is 1.49. The number of hydrogen-bond donors (Lipinski definition) is 3. The molecule has 11 heteroatoms. The van der Waals surface area contributed by atoms with Gasteiger partial charge in [0.2, 0.25) is 5.95 Å². The summed E-state index contributed by atoms with van der Waals surface area (Å²) < 4.78 is 15.2. The molecule has 0 saturated heterocycles. The first kappa shape index (κ1) is 22.6. The Morgan fingerprint density at radius 2 is 2.00 bits per heavy atom. The number of Topliss-reactive ketones (excluding diaryl/α,β-unsaturated/α-hetero) is 1. The van der Waals surface area contributed by atoms with Gasteiger partial charge in [0, 0.05) is 28.9 Å². The van der Waals surface area contributed by atoms with Crippen LogP contribution in [-0.4, -0.2) is 32.1 Å². The van der Waals surface area contributed by atoms with E-state index in [-0.39, 0.29) is 12.2 Å². The molecule has 9 nitrogen and oxygen atoms in total. The van der Waals surface area contributed by atoms with E-state index in [1.165, 1.54) is 23.6 Å². The van der Waals surface area contributed by atoms with Crippen molar-refractivity contribution in [2.75, 3.05) is 11.1 Å². The number of amides is 2. The zero-order valence-electron chi connectivity index (χ0n) is 18.2. The number of rotatable bonds is 6. The molecule has 0 aromatic carbocycles. The number of carbonyl (C=O) groups excluding carboxylic acids is 3. The predicted octanol–water partition coefficient (Wildman–Crippen LogP) is 2.77. The molecule has 1 aliphatic rings. The highest BCUT2D eigenvalue weighted by Gasteiger charge is 2.32. The molecule has 0 unspecified atom stereocenters. The van der Waals surface area contributed by atoms with Crippen LogP contribution < -0.4 is 16.4 Å². The molecule has 33 heavy (non-hydrogen) atoms. The van der Waals surface area contributed by atoms with Crippen LogP contribution in [-0.2, 0) is 24.3 Å². The van der Waals surface area contributed by atoms with Crippen LogP contribution in [0.2, 0.25) is 0 Å². The standard InChI is InChI=1S/C22H23FN6O3S/c1-11-7-13(8-25-19(11)23)28-20(31)16-12(2)17(29-6-4-3-5-15(16)29)18(30)21(32)26-9-14-10-27-22(24)33-14/h7-8,10H,3-6,9H2,1-2H3,(H2,24,27)(H,26,32)(H,28,31). The molecule has 2 amide bonds. The molecule has 3 aromatic heterocycles. The maximum atomic E-state index is 13.5. The minimum absolute atomic E-state index is 0.135. The number of aryl methyl sites for hydroxylation is 1. The van der Waals surface area contributed by atoms with E-state index in [0.717, 1.165) is 23.4 Å². The summed E-state index contributed by atoms with van der Waals surface area (Å²) in [5.41, 5.74) is 7.99. The zero-order chi connectivity index (χ0) is 23.7. The lowest BCUT2D eigenvalue weighted by Crippen LogP contribution is -2.32. The molecule has 0 radical (unpaired) electrons. The second-order valence-electron chi connectivity index (χ2n) is 7.87. The number of aromatic nitrogens is 3. The number of carbonyl (C=O) groups is 3. The maximum Gasteiger partial charge on any atom is 0.294 e. The molecule has 172 valence electrons. The highest BCUT2D eigenvalue weighted by atomic mass is 32.1. The Kier molecular flexibility index (Phi) is 6.23. The number of hydrogen-bond acceptors (Lipinski definition) is 7. The first-order valence-electron chi connectivity index (χ1n) is 10.4. The lowest BCUT2D eigenvalue weighted by Gasteiger charge is -2.18. The van der Waals surface area contributed by atoms with Gasteiger partial charge in [0.1, 0.15) is 0 Å². The van der Waals surface area contributed by atoms with Crippen molar-refractivity contribution in [3.05, 3.63) is 57.4 Å². The molecule has 0 spiro atoms. The van der Waals surface area contributed by atoms with E-state index in [1.807, 2.05) is 0 Å². The number of nitrogen functional groups attached to an aromatic ring is 1. The van der Waals surface area contributed by atoms with Crippen LogP contribution in [0.15, 0.2) is 18.5 Å². The van der Waals surface area contributed by atoms with Crippen LogP contribution in [0.25, 0.3) is 0 Å². The molecule has 1 aliphatic heterocycles. The van der Waals surface area contributed by atoms with Gasteiger partial charge in [0.25, 0.3) is 17.6 Å². The Morgan fingerprint density at radius 3 is 2.70 bits per heavy atom. The van der Waals surface area contributed by atoms with Gasteiger partial charge in [-0.2, -0.15) is 4.39 Å². The summed E-state index contributed by atoms with van der Waals surface area (Å²) in [7, 11) is 0. The Bertz CT molecular complexity index is 1270. The van der Waals surface area contributed by atoms with Gasteiger partial charge in [-0.25, -0.2) is 9.97 Å². The Labute approximate surface area is 193 Å². The average Bonchev–Trinajstić information content (AvgIpc) is 3.33. The number of anilines is 2. The highest BCUT2D eigenvalue weighted by molar-refractivity contribution is 7.15. The first-order valence-corrected chi connectivity index (χ1v) is 11.3. The fourth-order valence-electron chi connectivity index (χ4n) is 4.05. The molecule has 4 heterocycles. The molecule has 0 bridgehead atoms. The van der Waals surface area contributed by atoms with E-state index in [2.05, 4.69) is 20.6 Å². The van der Waals surface area contributed by atoms with Gasteiger partial charge < -0.3 is 20.9 Å². The van der Waals surface area contributed by atoms with Crippen molar-refractivity contribution in [3.63, 3.8) is 0 Å². The second-order valence-corrected chi connectivity index (χ2v) is 9.01. The number of halogens is 1. The molecule has 3 aromatic rings. The summed E-state index contributed by atoms with van der Waals surface area (Å²) in [5.74, 6) is -2.50. The van der Waals surface area contributed by atoms with E-state index in [1.54, 1.807) is 24.6 Å². The number of nitrogens with zero attached hydrogens (tertiary/aromatic N) is 3. The fourth-order valence-corrected chi connectivity index (χ4v) is 4.67. The zero-order valence-corrected chi connectivity index (χ0v) is 19.0. The Hall–Kier alpha value is -3.60. The third-order valence-corrected chi connectivity index (χ3v) is 6.40. The van der Waals surface area contributed by atoms with Gasteiger partial charge in [-0.05, 0) is 44.7 Å². The normalized spacial score (nSPS) is 12.8. The average molecular weight is 471 g/mol. The fraction of sp³-hybridized carbons (Fsp3) is 0.318. The lowest BCUT2D eigenvalue weighted by atomic mass is 10.0. The first-order chi connectivity index (χ1) is 15.8. The van der Waals surface area contributed by atoms with Gasteiger partial charge >= 0.3 is 0 Å². The van der Waals surface area contributed by atoms with Crippen molar-refractivity contribution in [2.45, 2.75) is 46.2 Å². The largest absolute Gasteiger partial charge is 0.375 e. The maximum absolute atomic E-state index is 13.5. The smallest absolute Gasteiger partial charge is 0.294 e. The van der Waals surface area contributed by atoms with Crippen molar-refractivity contribution < 1.29 is 18.8 Å². The van der Waals surface area contributed by atoms with Crippen LogP contribution in [0.5, 0.6) is 0 Å². The summed E-state index contributed by atoms with van der Waals surface area (Å²) >= 11 is 1.23. The number of nitrogens with two attached hydrogens (primary N) is 1. The lowest BCUT2D eigenvalue weighted by molar-refractivity contribution is -0.117. The molecule has 4 rings (SSSR count). The predicted molar refractivity (Wildman–Crippen MR) is 122 cm³/mol. The van der Waals surface area contributed by atoms with E-state index in [4.69, 9.17) is 5.73 Å². The molecule has 0 fully saturated rings. The van der Waals surface area contributed by atoms with Crippen molar-refractivity contribution in [1.29, 1.82) is 0 Å². The molecule has 0 atom stereocenters. The SMILES string of the molecule is Cc1cc(NC(=O)c2c(C)c(C(=O)C(=O)NCc3cnc(N)s3)n3c2CCCC3)cnc1F. The monoisotopic (exact) mass is 470 g/mol. The van der Waals surface area contributed by atoms with Gasteiger partial charge in [-0.1, -0.05) is 0 Å². The van der Waals surface area contributed by atoms with Gasteiger partial charge in [0.05, 0.1) is 29.7 Å². The van der Waals surface area contributed by atoms with E-state index < -0.39 is 23.5 Å². The molecule has 0 aliphatic carbocycles. The minimum atomic E-state index is -0.763.